The third-order valence-corrected chi connectivity index (χ3v) is 3.35. The molecule has 18 heavy (non-hydrogen) atoms. The van der Waals surface area contributed by atoms with E-state index in [1.165, 1.54) is 12.4 Å². The molecular weight excluding hydrogens is 230 g/mol. The predicted molar refractivity (Wildman–Crippen MR) is 69.1 cm³/mol. The Bertz CT molecular complexity index is 426. The van der Waals surface area contributed by atoms with Gasteiger partial charge >= 0.3 is 0 Å². The molecule has 1 saturated heterocycles. The van der Waals surface area contributed by atoms with E-state index < -0.39 is 0 Å². The number of rotatable bonds is 2. The van der Waals surface area contributed by atoms with Gasteiger partial charge in [0.25, 0.3) is 5.91 Å². The van der Waals surface area contributed by atoms with Gasteiger partial charge in [-0.2, -0.15) is 0 Å². The second-order valence-corrected chi connectivity index (χ2v) is 4.82. The molecule has 0 bridgehead atoms. The zero-order valence-electron chi connectivity index (χ0n) is 10.8. The summed E-state index contributed by atoms with van der Waals surface area (Å²) in [6, 6.07) is 0.556. The van der Waals surface area contributed by atoms with Crippen LogP contribution in [0.25, 0.3) is 0 Å². The second-order valence-electron chi connectivity index (χ2n) is 4.82. The molecule has 0 saturated carbocycles. The largest absolute Gasteiger partial charge is 0.382 e. The van der Waals surface area contributed by atoms with E-state index in [0.29, 0.717) is 11.7 Å². The van der Waals surface area contributed by atoms with Crippen molar-refractivity contribution in [3.63, 3.8) is 0 Å². The summed E-state index contributed by atoms with van der Waals surface area (Å²) in [5.74, 6) is 0.205. The summed E-state index contributed by atoms with van der Waals surface area (Å²) in [5.41, 5.74) is 5.87. The SMILES string of the molecule is CN(C)C1CCN(C(=O)c2cncc(N)n2)CC1. The minimum absolute atomic E-state index is 0.0768. The lowest BCUT2D eigenvalue weighted by Crippen LogP contribution is -2.44. The third kappa shape index (κ3) is 2.76. The van der Waals surface area contributed by atoms with Gasteiger partial charge in [0.05, 0.1) is 12.4 Å². The Morgan fingerprint density at radius 3 is 2.61 bits per heavy atom. The smallest absolute Gasteiger partial charge is 0.274 e. The van der Waals surface area contributed by atoms with E-state index in [1.54, 1.807) is 0 Å². The first-order valence-electron chi connectivity index (χ1n) is 6.11. The lowest BCUT2D eigenvalue weighted by Gasteiger charge is -2.34. The van der Waals surface area contributed by atoms with E-state index >= 15 is 0 Å². The zero-order valence-corrected chi connectivity index (χ0v) is 10.8. The molecule has 1 amide bonds. The van der Waals surface area contributed by atoms with E-state index in [1.807, 2.05) is 4.90 Å². The van der Waals surface area contributed by atoms with E-state index in [9.17, 15) is 4.79 Å². The molecule has 0 unspecified atom stereocenters. The average molecular weight is 249 g/mol. The van der Waals surface area contributed by atoms with Crippen molar-refractivity contribution in [2.75, 3.05) is 32.9 Å². The number of aromatic nitrogens is 2. The molecule has 2 heterocycles. The number of nitrogens with two attached hydrogens (primary N) is 1. The fraction of sp³-hybridized carbons (Fsp3) is 0.583. The molecule has 1 fully saturated rings. The first-order valence-corrected chi connectivity index (χ1v) is 6.11. The number of piperidine rings is 1. The predicted octanol–water partition coefficient (Wildman–Crippen LogP) is 0.225. The van der Waals surface area contributed by atoms with Gasteiger partial charge in [-0.15, -0.1) is 0 Å². The van der Waals surface area contributed by atoms with Crippen molar-refractivity contribution in [1.29, 1.82) is 0 Å². The van der Waals surface area contributed by atoms with Crippen molar-refractivity contribution in [1.82, 2.24) is 19.8 Å². The van der Waals surface area contributed by atoms with Crippen LogP contribution in [0, 0.1) is 0 Å². The molecule has 1 aromatic heterocycles. The minimum Gasteiger partial charge on any atom is -0.382 e. The van der Waals surface area contributed by atoms with Crippen molar-refractivity contribution in [3.05, 3.63) is 18.1 Å². The maximum atomic E-state index is 12.2. The highest BCUT2D eigenvalue weighted by Crippen LogP contribution is 2.16. The van der Waals surface area contributed by atoms with Crippen LogP contribution in [0.4, 0.5) is 5.82 Å². The molecule has 0 aliphatic carbocycles. The van der Waals surface area contributed by atoms with Crippen LogP contribution < -0.4 is 5.73 Å². The van der Waals surface area contributed by atoms with Gasteiger partial charge in [0.1, 0.15) is 11.5 Å². The van der Waals surface area contributed by atoms with Gasteiger partial charge in [0.15, 0.2) is 0 Å². The number of hydrogen-bond donors (Lipinski definition) is 1. The van der Waals surface area contributed by atoms with E-state index in [4.69, 9.17) is 5.73 Å². The van der Waals surface area contributed by atoms with Crippen LogP contribution in [0.2, 0.25) is 0 Å². The molecule has 0 aromatic carbocycles. The van der Waals surface area contributed by atoms with Crippen molar-refractivity contribution < 1.29 is 4.79 Å². The van der Waals surface area contributed by atoms with Crippen LogP contribution >= 0.6 is 0 Å². The Hall–Kier alpha value is -1.69. The van der Waals surface area contributed by atoms with E-state index in [0.717, 1.165) is 25.9 Å². The molecule has 0 spiro atoms. The number of carbonyl (C=O) groups is 1. The summed E-state index contributed by atoms with van der Waals surface area (Å²) in [7, 11) is 4.15. The molecule has 6 heteroatoms. The fourth-order valence-electron chi connectivity index (χ4n) is 2.23. The van der Waals surface area contributed by atoms with Gasteiger partial charge in [-0.3, -0.25) is 9.78 Å². The number of hydrogen-bond acceptors (Lipinski definition) is 5. The van der Waals surface area contributed by atoms with Crippen LogP contribution in [0.5, 0.6) is 0 Å². The Morgan fingerprint density at radius 1 is 1.39 bits per heavy atom. The van der Waals surface area contributed by atoms with Crippen LogP contribution in [0.1, 0.15) is 23.3 Å². The third-order valence-electron chi connectivity index (χ3n) is 3.35. The average Bonchev–Trinajstić information content (AvgIpc) is 2.38. The molecule has 0 radical (unpaired) electrons. The lowest BCUT2D eigenvalue weighted by atomic mass is 10.0. The summed E-state index contributed by atoms with van der Waals surface area (Å²) in [4.78, 5) is 24.1. The van der Waals surface area contributed by atoms with Crippen molar-refractivity contribution in [2.45, 2.75) is 18.9 Å². The Balaban J connectivity index is 1.99. The van der Waals surface area contributed by atoms with Gasteiger partial charge in [-0.1, -0.05) is 0 Å². The maximum Gasteiger partial charge on any atom is 0.274 e. The van der Waals surface area contributed by atoms with E-state index in [-0.39, 0.29) is 11.7 Å². The normalized spacial score (nSPS) is 17.2. The summed E-state index contributed by atoms with van der Waals surface area (Å²) in [6.45, 7) is 1.52. The lowest BCUT2D eigenvalue weighted by molar-refractivity contribution is 0.0657. The number of carbonyl (C=O) groups excluding carboxylic acids is 1. The Labute approximate surface area is 107 Å². The number of anilines is 1. The second kappa shape index (κ2) is 5.30. The van der Waals surface area contributed by atoms with Crippen LogP contribution in [0.15, 0.2) is 12.4 Å². The molecular formula is C12H19N5O. The number of nitrogen functional groups attached to an aromatic ring is 1. The van der Waals surface area contributed by atoms with Gasteiger partial charge in [0, 0.05) is 19.1 Å². The Kier molecular flexibility index (Phi) is 3.76. The highest BCUT2D eigenvalue weighted by atomic mass is 16.2. The highest BCUT2D eigenvalue weighted by Gasteiger charge is 2.25. The van der Waals surface area contributed by atoms with Gasteiger partial charge in [-0.05, 0) is 26.9 Å². The number of nitrogens with zero attached hydrogens (tertiary/aromatic N) is 4. The molecule has 2 rings (SSSR count). The van der Waals surface area contributed by atoms with Gasteiger partial charge in [-0.25, -0.2) is 4.98 Å². The monoisotopic (exact) mass is 249 g/mol. The van der Waals surface area contributed by atoms with Crippen LogP contribution in [0.3, 0.4) is 0 Å². The first kappa shape index (κ1) is 12.8. The van der Waals surface area contributed by atoms with Gasteiger partial charge in [0.2, 0.25) is 0 Å². The van der Waals surface area contributed by atoms with Crippen LogP contribution in [-0.2, 0) is 0 Å². The molecule has 2 N–H and O–H groups in total. The van der Waals surface area contributed by atoms with Crippen molar-refractivity contribution in [3.8, 4) is 0 Å². The summed E-state index contributed by atoms with van der Waals surface area (Å²) >= 11 is 0. The molecule has 98 valence electrons. The number of likely N-dealkylation sites (tertiary alicyclic amines) is 1. The van der Waals surface area contributed by atoms with Gasteiger partial charge < -0.3 is 15.5 Å². The summed E-state index contributed by atoms with van der Waals surface area (Å²) in [6.07, 6.45) is 4.90. The number of amides is 1. The van der Waals surface area contributed by atoms with Crippen molar-refractivity contribution in [2.24, 2.45) is 0 Å². The van der Waals surface area contributed by atoms with E-state index in [2.05, 4.69) is 29.0 Å². The molecule has 1 aliphatic rings. The van der Waals surface area contributed by atoms with Crippen LogP contribution in [-0.4, -0.2) is 58.9 Å². The Morgan fingerprint density at radius 2 is 2.06 bits per heavy atom. The fourth-order valence-corrected chi connectivity index (χ4v) is 2.23. The summed E-state index contributed by atoms with van der Waals surface area (Å²) in [5, 5.41) is 0. The zero-order chi connectivity index (χ0) is 13.1. The topological polar surface area (TPSA) is 75.3 Å². The molecule has 6 nitrogen and oxygen atoms in total. The minimum atomic E-state index is -0.0768. The standard InChI is InChI=1S/C12H19N5O/c1-16(2)9-3-5-17(6-4-9)12(18)10-7-14-8-11(13)15-10/h7-9H,3-6H2,1-2H3,(H2,13,15). The summed E-state index contributed by atoms with van der Waals surface area (Å²) < 4.78 is 0. The molecule has 1 aliphatic heterocycles. The first-order chi connectivity index (χ1) is 8.58. The molecule has 1 aromatic rings. The quantitative estimate of drug-likeness (QED) is 0.811. The van der Waals surface area contributed by atoms with Crippen molar-refractivity contribution >= 4 is 11.7 Å². The molecule has 0 atom stereocenters. The highest BCUT2D eigenvalue weighted by molar-refractivity contribution is 5.92. The maximum absolute atomic E-state index is 12.2.